The Morgan fingerprint density at radius 1 is 1.00 bits per heavy atom. The number of rotatable bonds is 3. The minimum Gasteiger partial charge on any atom is -0.393 e. The molecular formula is C21H24N2O4S. The highest BCUT2D eigenvalue weighted by Crippen LogP contribution is 2.32. The minimum atomic E-state index is -3.75. The topological polar surface area (TPSA) is 77.9 Å². The highest BCUT2D eigenvalue weighted by Gasteiger charge is 2.30. The molecule has 7 heteroatoms. The van der Waals surface area contributed by atoms with Crippen LogP contribution in [0.3, 0.4) is 0 Å². The Balaban J connectivity index is 1.63. The van der Waals surface area contributed by atoms with Gasteiger partial charge in [-0.2, -0.15) is 0 Å². The molecule has 0 saturated carbocycles. The summed E-state index contributed by atoms with van der Waals surface area (Å²) in [5, 5.41) is 9.63. The summed E-state index contributed by atoms with van der Waals surface area (Å²) >= 11 is 0. The third-order valence-corrected chi connectivity index (χ3v) is 7.30. The number of aliphatic hydroxyl groups excluding tert-OH is 1. The molecule has 6 nitrogen and oxygen atoms in total. The first-order valence-corrected chi connectivity index (χ1v) is 11.1. The first-order valence-electron chi connectivity index (χ1n) is 9.65. The highest BCUT2D eigenvalue weighted by molar-refractivity contribution is 7.92. The fourth-order valence-electron chi connectivity index (χ4n) is 3.92. The largest absolute Gasteiger partial charge is 0.393 e. The predicted molar refractivity (Wildman–Crippen MR) is 107 cm³/mol. The molecule has 2 heterocycles. The van der Waals surface area contributed by atoms with Gasteiger partial charge in [0, 0.05) is 25.2 Å². The highest BCUT2D eigenvalue weighted by atomic mass is 32.2. The van der Waals surface area contributed by atoms with E-state index < -0.39 is 10.0 Å². The van der Waals surface area contributed by atoms with Crippen molar-refractivity contribution in [3.63, 3.8) is 0 Å². The van der Waals surface area contributed by atoms with Gasteiger partial charge in [-0.05, 0) is 55.5 Å². The Morgan fingerprint density at radius 3 is 2.54 bits per heavy atom. The molecule has 0 bridgehead atoms. The molecule has 4 rings (SSSR count). The van der Waals surface area contributed by atoms with E-state index in [9.17, 15) is 18.3 Å². The molecule has 0 radical (unpaired) electrons. The molecule has 148 valence electrons. The maximum Gasteiger partial charge on any atom is 0.264 e. The second-order valence-corrected chi connectivity index (χ2v) is 9.22. The number of hydrogen-bond donors (Lipinski definition) is 1. The molecule has 1 fully saturated rings. The van der Waals surface area contributed by atoms with Crippen LogP contribution < -0.4 is 4.31 Å². The summed E-state index contributed by atoms with van der Waals surface area (Å²) < 4.78 is 28.1. The van der Waals surface area contributed by atoms with E-state index >= 15 is 0 Å². The van der Waals surface area contributed by atoms with Gasteiger partial charge in [-0.1, -0.05) is 24.3 Å². The van der Waals surface area contributed by atoms with Crippen LogP contribution in [0.2, 0.25) is 0 Å². The summed E-state index contributed by atoms with van der Waals surface area (Å²) in [6.45, 7) is 1.40. The zero-order valence-corrected chi connectivity index (χ0v) is 16.4. The number of sulfonamides is 1. The number of anilines is 1. The number of piperidine rings is 1. The van der Waals surface area contributed by atoms with E-state index in [2.05, 4.69) is 0 Å². The van der Waals surface area contributed by atoms with Crippen molar-refractivity contribution >= 4 is 21.6 Å². The van der Waals surface area contributed by atoms with Gasteiger partial charge in [0.1, 0.15) is 0 Å². The lowest BCUT2D eigenvalue weighted by Crippen LogP contribution is -2.40. The van der Waals surface area contributed by atoms with Crippen LogP contribution in [0.15, 0.2) is 53.4 Å². The van der Waals surface area contributed by atoms with Gasteiger partial charge in [0.05, 0.1) is 16.7 Å². The number of likely N-dealkylation sites (tertiary alicyclic amines) is 1. The first kappa shape index (κ1) is 19.0. The van der Waals surface area contributed by atoms with Crippen molar-refractivity contribution in [1.29, 1.82) is 0 Å². The normalized spacial score (nSPS) is 18.0. The van der Waals surface area contributed by atoms with Gasteiger partial charge >= 0.3 is 0 Å². The molecule has 2 aromatic rings. The molecule has 2 aliphatic heterocycles. The van der Waals surface area contributed by atoms with Crippen molar-refractivity contribution in [2.45, 2.75) is 36.7 Å². The molecule has 1 amide bonds. The Hall–Kier alpha value is -2.38. The molecule has 1 saturated heterocycles. The second-order valence-electron chi connectivity index (χ2n) is 7.36. The van der Waals surface area contributed by atoms with Crippen molar-refractivity contribution in [1.82, 2.24) is 4.90 Å². The van der Waals surface area contributed by atoms with E-state index in [-0.39, 0.29) is 16.9 Å². The Morgan fingerprint density at radius 2 is 1.75 bits per heavy atom. The van der Waals surface area contributed by atoms with E-state index in [0.717, 1.165) is 24.1 Å². The molecule has 0 spiro atoms. The lowest BCUT2D eigenvalue weighted by Gasteiger charge is -2.31. The molecule has 2 aromatic carbocycles. The minimum absolute atomic E-state index is 0.132. The van der Waals surface area contributed by atoms with E-state index in [1.807, 2.05) is 24.3 Å². The van der Waals surface area contributed by atoms with Crippen molar-refractivity contribution in [2.75, 3.05) is 23.9 Å². The lowest BCUT2D eigenvalue weighted by molar-refractivity contribution is 0.0546. The fourth-order valence-corrected chi connectivity index (χ4v) is 5.50. The molecule has 2 aliphatic rings. The van der Waals surface area contributed by atoms with Crippen LogP contribution in [-0.2, 0) is 16.4 Å². The van der Waals surface area contributed by atoms with Crippen LogP contribution in [0.5, 0.6) is 0 Å². The second kappa shape index (κ2) is 7.56. The van der Waals surface area contributed by atoms with Crippen molar-refractivity contribution in [3.8, 4) is 0 Å². The molecular weight excluding hydrogens is 376 g/mol. The van der Waals surface area contributed by atoms with E-state index in [1.54, 1.807) is 23.1 Å². The van der Waals surface area contributed by atoms with Gasteiger partial charge in [-0.15, -0.1) is 0 Å². The van der Waals surface area contributed by atoms with Crippen LogP contribution >= 0.6 is 0 Å². The quantitative estimate of drug-likeness (QED) is 0.858. The monoisotopic (exact) mass is 400 g/mol. The Labute approximate surface area is 165 Å². The summed E-state index contributed by atoms with van der Waals surface area (Å²) in [5.41, 5.74) is 2.11. The maximum atomic E-state index is 13.3. The number of fused-ring (bicyclic) bond motifs is 1. The third kappa shape index (κ3) is 3.52. The van der Waals surface area contributed by atoms with Crippen LogP contribution in [0, 0.1) is 0 Å². The average molecular weight is 401 g/mol. The van der Waals surface area contributed by atoms with Gasteiger partial charge in [0.15, 0.2) is 0 Å². The Kier molecular flexibility index (Phi) is 5.12. The van der Waals surface area contributed by atoms with Crippen LogP contribution in [0.1, 0.15) is 35.2 Å². The van der Waals surface area contributed by atoms with Crippen LogP contribution in [0.4, 0.5) is 5.69 Å². The standard InChI is InChI=1S/C21H24N2O4S/c24-18-10-13-22(14-11-18)21(25)17-6-3-8-19(15-17)28(26,27)23-12-4-7-16-5-1-2-9-20(16)23/h1-3,5-6,8-9,15,18,24H,4,7,10-14H2. The Bertz CT molecular complexity index is 981. The van der Waals surface area contributed by atoms with Crippen molar-refractivity contribution in [3.05, 3.63) is 59.7 Å². The molecule has 0 unspecified atom stereocenters. The summed E-state index contributed by atoms with van der Waals surface area (Å²) in [5.74, 6) is -0.192. The SMILES string of the molecule is O=C(c1cccc(S(=O)(=O)N2CCCc3ccccc32)c1)N1CCC(O)CC1. The van der Waals surface area contributed by atoms with Gasteiger partial charge in [-0.25, -0.2) is 8.42 Å². The zero-order chi connectivity index (χ0) is 19.7. The number of para-hydroxylation sites is 1. The average Bonchev–Trinajstić information content (AvgIpc) is 2.73. The van der Waals surface area contributed by atoms with Gasteiger partial charge in [-0.3, -0.25) is 9.10 Å². The number of carbonyl (C=O) groups is 1. The van der Waals surface area contributed by atoms with E-state index in [1.165, 1.54) is 10.4 Å². The van der Waals surface area contributed by atoms with Gasteiger partial charge in [0.25, 0.3) is 15.9 Å². The smallest absolute Gasteiger partial charge is 0.264 e. The van der Waals surface area contributed by atoms with E-state index in [4.69, 9.17) is 0 Å². The summed E-state index contributed by atoms with van der Waals surface area (Å²) in [6, 6.07) is 13.8. The summed E-state index contributed by atoms with van der Waals surface area (Å²) in [7, 11) is -3.75. The number of aliphatic hydroxyl groups is 1. The van der Waals surface area contributed by atoms with E-state index in [0.29, 0.717) is 38.0 Å². The third-order valence-electron chi connectivity index (χ3n) is 5.49. The molecule has 0 atom stereocenters. The molecule has 0 aromatic heterocycles. The van der Waals surface area contributed by atoms with Crippen molar-refractivity contribution < 1.29 is 18.3 Å². The number of benzene rings is 2. The fraction of sp³-hybridized carbons (Fsp3) is 0.381. The zero-order valence-electron chi connectivity index (χ0n) is 15.6. The predicted octanol–water partition coefficient (Wildman–Crippen LogP) is 2.43. The molecule has 0 aliphatic carbocycles. The maximum absolute atomic E-state index is 13.3. The number of carbonyl (C=O) groups excluding carboxylic acids is 1. The first-order chi connectivity index (χ1) is 13.5. The summed E-state index contributed by atoms with van der Waals surface area (Å²) in [4.78, 5) is 14.6. The lowest BCUT2D eigenvalue weighted by atomic mass is 10.0. The molecule has 28 heavy (non-hydrogen) atoms. The number of aryl methyl sites for hydroxylation is 1. The molecule has 1 N–H and O–H groups in total. The van der Waals surface area contributed by atoms with Gasteiger partial charge < -0.3 is 10.0 Å². The van der Waals surface area contributed by atoms with Crippen molar-refractivity contribution in [2.24, 2.45) is 0 Å². The number of hydrogen-bond acceptors (Lipinski definition) is 4. The summed E-state index contributed by atoms with van der Waals surface area (Å²) in [6.07, 6.45) is 2.37. The van der Waals surface area contributed by atoms with Gasteiger partial charge in [0.2, 0.25) is 0 Å². The number of amides is 1. The van der Waals surface area contributed by atoms with Crippen LogP contribution in [0.25, 0.3) is 0 Å². The number of nitrogens with zero attached hydrogens (tertiary/aromatic N) is 2. The van der Waals surface area contributed by atoms with Crippen LogP contribution in [-0.4, -0.2) is 50.1 Å².